The number of esters is 1. The zero-order chi connectivity index (χ0) is 14.3. The van der Waals surface area contributed by atoms with Gasteiger partial charge in [0.1, 0.15) is 0 Å². The van der Waals surface area contributed by atoms with Gasteiger partial charge >= 0.3 is 17.9 Å². The fourth-order valence-electron chi connectivity index (χ4n) is 1.10. The van der Waals surface area contributed by atoms with Crippen molar-refractivity contribution in [2.45, 2.75) is 37.9 Å². The molecular formula is C10H16O8. The van der Waals surface area contributed by atoms with Crippen molar-refractivity contribution < 1.29 is 39.5 Å². The van der Waals surface area contributed by atoms with Gasteiger partial charge in [-0.2, -0.15) is 0 Å². The Kier molecular flexibility index (Phi) is 6.28. The number of rotatable bonds is 8. The lowest BCUT2D eigenvalue weighted by Crippen LogP contribution is -2.43. The van der Waals surface area contributed by atoms with Crippen molar-refractivity contribution in [3.8, 4) is 0 Å². The van der Waals surface area contributed by atoms with Gasteiger partial charge in [-0.3, -0.25) is 9.59 Å². The molecule has 0 aromatic carbocycles. The number of ether oxygens (including phenoxy) is 1. The van der Waals surface area contributed by atoms with E-state index in [0.717, 1.165) is 0 Å². The Balaban J connectivity index is 4.37. The van der Waals surface area contributed by atoms with E-state index >= 15 is 0 Å². The van der Waals surface area contributed by atoms with Gasteiger partial charge in [-0.15, -0.1) is 0 Å². The monoisotopic (exact) mass is 264 g/mol. The number of aliphatic hydroxyl groups is 2. The van der Waals surface area contributed by atoms with Gasteiger partial charge in [0.2, 0.25) is 0 Å². The Morgan fingerprint density at radius 1 is 1.22 bits per heavy atom. The summed E-state index contributed by atoms with van der Waals surface area (Å²) in [7, 11) is 0. The third-order valence-corrected chi connectivity index (χ3v) is 2.08. The fourth-order valence-corrected chi connectivity index (χ4v) is 1.10. The lowest BCUT2D eigenvalue weighted by atomic mass is 9.96. The van der Waals surface area contributed by atoms with Crippen molar-refractivity contribution >= 4 is 17.9 Å². The van der Waals surface area contributed by atoms with Crippen LogP contribution >= 0.6 is 0 Å². The van der Waals surface area contributed by atoms with E-state index in [0.29, 0.717) is 0 Å². The molecule has 0 aromatic heterocycles. The molecule has 4 N–H and O–H groups in total. The average molecular weight is 264 g/mol. The first-order valence-corrected chi connectivity index (χ1v) is 5.18. The van der Waals surface area contributed by atoms with Gasteiger partial charge in [0.05, 0.1) is 25.6 Å². The Labute approximate surface area is 103 Å². The first-order chi connectivity index (χ1) is 8.17. The van der Waals surface area contributed by atoms with Crippen LogP contribution in [0.25, 0.3) is 0 Å². The van der Waals surface area contributed by atoms with Crippen molar-refractivity contribution in [2.75, 3.05) is 6.61 Å². The summed E-state index contributed by atoms with van der Waals surface area (Å²) < 4.78 is 4.57. The minimum absolute atomic E-state index is 0.140. The highest BCUT2D eigenvalue weighted by Gasteiger charge is 2.41. The molecule has 2 unspecified atom stereocenters. The molecular weight excluding hydrogens is 248 g/mol. The molecule has 0 amide bonds. The summed E-state index contributed by atoms with van der Waals surface area (Å²) in [6.07, 6.45) is -2.59. The average Bonchev–Trinajstić information content (AvgIpc) is 2.14. The van der Waals surface area contributed by atoms with Crippen LogP contribution in [-0.4, -0.2) is 56.6 Å². The number of carboxylic acids is 2. The zero-order valence-corrected chi connectivity index (χ0v) is 9.83. The van der Waals surface area contributed by atoms with Crippen molar-refractivity contribution in [2.24, 2.45) is 0 Å². The highest BCUT2D eigenvalue weighted by Crippen LogP contribution is 2.17. The summed E-state index contributed by atoms with van der Waals surface area (Å²) in [6, 6.07) is 0. The summed E-state index contributed by atoms with van der Waals surface area (Å²) in [5.41, 5.74) is -2.69. The molecule has 0 radical (unpaired) electrons. The van der Waals surface area contributed by atoms with Crippen molar-refractivity contribution in [1.29, 1.82) is 0 Å². The van der Waals surface area contributed by atoms with Crippen LogP contribution in [0.3, 0.4) is 0 Å². The summed E-state index contributed by atoms with van der Waals surface area (Å²) >= 11 is 0. The fraction of sp³-hybridized carbons (Fsp3) is 0.700. The summed E-state index contributed by atoms with van der Waals surface area (Å²) in [4.78, 5) is 32.3. The van der Waals surface area contributed by atoms with Gasteiger partial charge in [0, 0.05) is 6.42 Å². The number of carbonyl (C=O) groups is 3. The maximum Gasteiger partial charge on any atom is 0.336 e. The minimum atomic E-state index is -2.69. The second-order valence-electron chi connectivity index (χ2n) is 3.94. The van der Waals surface area contributed by atoms with Crippen LogP contribution in [0.1, 0.15) is 26.2 Å². The molecule has 0 aliphatic rings. The quantitative estimate of drug-likeness (QED) is 0.408. The molecule has 0 saturated carbocycles. The largest absolute Gasteiger partial charge is 0.481 e. The molecule has 0 bridgehead atoms. The van der Waals surface area contributed by atoms with Gasteiger partial charge < -0.3 is 25.2 Å². The Hall–Kier alpha value is -1.67. The third kappa shape index (κ3) is 6.16. The Bertz CT molecular complexity index is 324. The maximum absolute atomic E-state index is 11.2. The lowest BCUT2D eigenvalue weighted by Gasteiger charge is -2.20. The topological polar surface area (TPSA) is 141 Å². The highest BCUT2D eigenvalue weighted by atomic mass is 16.5. The molecule has 0 fully saturated rings. The molecule has 0 rings (SSSR count). The second-order valence-corrected chi connectivity index (χ2v) is 3.94. The molecule has 18 heavy (non-hydrogen) atoms. The Morgan fingerprint density at radius 3 is 2.17 bits per heavy atom. The number of aliphatic carboxylic acids is 2. The molecule has 0 saturated heterocycles. The van der Waals surface area contributed by atoms with Crippen molar-refractivity contribution in [3.05, 3.63) is 0 Å². The first-order valence-electron chi connectivity index (χ1n) is 5.18. The van der Waals surface area contributed by atoms with E-state index in [4.69, 9.17) is 15.3 Å². The van der Waals surface area contributed by atoms with Gasteiger partial charge in [-0.05, 0) is 6.92 Å². The normalized spacial score (nSPS) is 15.5. The van der Waals surface area contributed by atoms with Crippen molar-refractivity contribution in [1.82, 2.24) is 0 Å². The minimum Gasteiger partial charge on any atom is -0.481 e. The van der Waals surface area contributed by atoms with E-state index in [2.05, 4.69) is 4.74 Å². The number of hydrogen-bond acceptors (Lipinski definition) is 6. The SMILES string of the molecule is CC(O)CCOC(=O)CC(O)(CC(=O)O)C(=O)O. The van der Waals surface area contributed by atoms with Gasteiger partial charge in [-0.25, -0.2) is 4.79 Å². The van der Waals surface area contributed by atoms with E-state index < -0.39 is 42.5 Å². The molecule has 8 heteroatoms. The second kappa shape index (κ2) is 6.92. The highest BCUT2D eigenvalue weighted by molar-refractivity contribution is 5.88. The molecule has 0 aliphatic heterocycles. The van der Waals surface area contributed by atoms with Gasteiger partial charge in [0.25, 0.3) is 0 Å². The van der Waals surface area contributed by atoms with E-state index in [9.17, 15) is 19.5 Å². The standard InChI is InChI=1S/C10H16O8/c1-6(11)2-3-18-8(14)5-10(17,9(15)16)4-7(12)13/h6,11,17H,2-5H2,1H3,(H,12,13)(H,15,16). The molecule has 2 atom stereocenters. The van der Waals surface area contributed by atoms with Crippen LogP contribution in [0.5, 0.6) is 0 Å². The molecule has 8 nitrogen and oxygen atoms in total. The summed E-state index contributed by atoms with van der Waals surface area (Å²) in [6.45, 7) is 1.34. The number of aliphatic hydroxyl groups excluding tert-OH is 1. The van der Waals surface area contributed by atoms with E-state index in [1.165, 1.54) is 6.92 Å². The summed E-state index contributed by atoms with van der Waals surface area (Å²) in [5, 5.41) is 35.5. The van der Waals surface area contributed by atoms with Crippen molar-refractivity contribution in [3.63, 3.8) is 0 Å². The number of carboxylic acid groups (broad SMARTS) is 2. The number of hydrogen-bond donors (Lipinski definition) is 4. The first kappa shape index (κ1) is 16.3. The molecule has 104 valence electrons. The predicted molar refractivity (Wildman–Crippen MR) is 56.7 cm³/mol. The smallest absolute Gasteiger partial charge is 0.336 e. The van der Waals surface area contributed by atoms with Crippen LogP contribution in [0.2, 0.25) is 0 Å². The van der Waals surface area contributed by atoms with E-state index in [-0.39, 0.29) is 13.0 Å². The lowest BCUT2D eigenvalue weighted by molar-refractivity contribution is -0.172. The molecule has 0 heterocycles. The third-order valence-electron chi connectivity index (χ3n) is 2.08. The predicted octanol–water partition coefficient (Wildman–Crippen LogP) is -1.02. The van der Waals surface area contributed by atoms with Gasteiger partial charge in [-0.1, -0.05) is 0 Å². The van der Waals surface area contributed by atoms with Crippen LogP contribution < -0.4 is 0 Å². The maximum atomic E-state index is 11.2. The van der Waals surface area contributed by atoms with E-state index in [1.807, 2.05) is 0 Å². The van der Waals surface area contributed by atoms with Crippen LogP contribution in [-0.2, 0) is 19.1 Å². The molecule has 0 spiro atoms. The summed E-state index contributed by atoms with van der Waals surface area (Å²) in [5.74, 6) is -4.39. The molecule has 0 aromatic rings. The van der Waals surface area contributed by atoms with Gasteiger partial charge in [0.15, 0.2) is 5.60 Å². The Morgan fingerprint density at radius 2 is 1.78 bits per heavy atom. The number of carbonyl (C=O) groups excluding carboxylic acids is 1. The zero-order valence-electron chi connectivity index (χ0n) is 9.83. The van der Waals surface area contributed by atoms with E-state index in [1.54, 1.807) is 0 Å². The van der Waals surface area contributed by atoms with Crippen LogP contribution in [0, 0.1) is 0 Å². The van der Waals surface area contributed by atoms with Crippen LogP contribution in [0.4, 0.5) is 0 Å². The molecule has 0 aliphatic carbocycles. The van der Waals surface area contributed by atoms with Crippen LogP contribution in [0.15, 0.2) is 0 Å².